The Morgan fingerprint density at radius 2 is 1.76 bits per heavy atom. The Kier molecular flexibility index (Phi) is 8.69. The molecule has 2 saturated heterocycles. The molecule has 0 aliphatic carbocycles. The number of ether oxygens (including phenoxy) is 1. The van der Waals surface area contributed by atoms with Gasteiger partial charge in [-0.1, -0.05) is 33.1 Å². The Morgan fingerprint density at radius 1 is 1.20 bits per heavy atom. The monoisotopic (exact) mass is 356 g/mol. The van der Waals surface area contributed by atoms with Crippen molar-refractivity contribution >= 4 is 12.1 Å². The van der Waals surface area contributed by atoms with Gasteiger partial charge in [0.25, 0.3) is 0 Å². The molecule has 2 rings (SSSR count). The highest BCUT2D eigenvalue weighted by Crippen LogP contribution is 2.28. The van der Waals surface area contributed by atoms with E-state index < -0.39 is 5.97 Å². The molecule has 0 saturated carbocycles. The zero-order valence-corrected chi connectivity index (χ0v) is 16.5. The Morgan fingerprint density at radius 3 is 2.20 bits per heavy atom. The van der Waals surface area contributed by atoms with Crippen LogP contribution >= 0.6 is 0 Å². The summed E-state index contributed by atoms with van der Waals surface area (Å²) in [5.41, 5.74) is -0.388. The predicted molar refractivity (Wildman–Crippen MR) is 98.7 cm³/mol. The number of rotatable bonds is 5. The molecule has 25 heavy (non-hydrogen) atoms. The lowest BCUT2D eigenvalue weighted by atomic mass is 10.0. The van der Waals surface area contributed by atoms with Gasteiger partial charge in [0.05, 0.1) is 5.92 Å². The molecule has 2 bridgehead atoms. The lowest BCUT2D eigenvalue weighted by molar-refractivity contribution is -0.141. The number of carboxylic acid groups (broad SMARTS) is 1. The first kappa shape index (κ1) is 21.7. The number of nitrogens with one attached hydrogen (secondary N) is 1. The summed E-state index contributed by atoms with van der Waals surface area (Å²) >= 11 is 0. The maximum absolute atomic E-state index is 12.0. The minimum absolute atomic E-state index is 0.142. The molecule has 2 aliphatic rings. The number of carbonyl (C=O) groups is 2. The summed E-state index contributed by atoms with van der Waals surface area (Å²) in [6, 6.07) is 0.692. The third-order valence-corrected chi connectivity index (χ3v) is 4.65. The van der Waals surface area contributed by atoms with Gasteiger partial charge in [0.2, 0.25) is 0 Å². The van der Waals surface area contributed by atoms with E-state index in [9.17, 15) is 9.59 Å². The molecular weight excluding hydrogens is 320 g/mol. The van der Waals surface area contributed by atoms with Crippen molar-refractivity contribution in [3.63, 3.8) is 0 Å². The van der Waals surface area contributed by atoms with Crippen molar-refractivity contribution in [2.45, 2.75) is 90.8 Å². The molecule has 6 heteroatoms. The van der Waals surface area contributed by atoms with E-state index in [-0.39, 0.29) is 17.6 Å². The summed E-state index contributed by atoms with van der Waals surface area (Å²) in [5, 5.41) is 11.8. The second-order valence-corrected chi connectivity index (χ2v) is 8.17. The van der Waals surface area contributed by atoms with Crippen LogP contribution in [0.15, 0.2) is 0 Å². The van der Waals surface area contributed by atoms with Crippen molar-refractivity contribution in [2.24, 2.45) is 5.92 Å². The zero-order chi connectivity index (χ0) is 19.0. The minimum atomic E-state index is -0.670. The topological polar surface area (TPSA) is 78.9 Å². The highest BCUT2D eigenvalue weighted by atomic mass is 16.6. The van der Waals surface area contributed by atoms with Crippen molar-refractivity contribution in [3.05, 3.63) is 0 Å². The van der Waals surface area contributed by atoms with Crippen LogP contribution in [-0.2, 0) is 9.53 Å². The van der Waals surface area contributed by atoms with Gasteiger partial charge in [-0.15, -0.1) is 0 Å². The summed E-state index contributed by atoms with van der Waals surface area (Å²) < 4.78 is 5.42. The maximum Gasteiger partial charge on any atom is 0.410 e. The zero-order valence-electron chi connectivity index (χ0n) is 16.5. The highest BCUT2D eigenvalue weighted by molar-refractivity contribution is 5.70. The molecule has 2 N–H and O–H groups in total. The standard InChI is InChI=1S/C11H20N2O2.C8H16O2/c1-11(2,3)15-10(14)13-8-4-5-9(13)7-12-6-8;1-3-4-5-6-7(2)8(9)10/h8-9,12H,4-7H2,1-3H3;7H,3-6H2,1-2H3,(H,9,10). The third kappa shape index (κ3) is 7.63. The fourth-order valence-electron chi connectivity index (χ4n) is 3.22. The molecule has 6 nitrogen and oxygen atoms in total. The van der Waals surface area contributed by atoms with Gasteiger partial charge in [-0.25, -0.2) is 4.79 Å². The molecule has 0 radical (unpaired) electrons. The fraction of sp³-hybridized carbons (Fsp3) is 0.895. The Hall–Kier alpha value is -1.30. The van der Waals surface area contributed by atoms with Crippen LogP contribution in [0.4, 0.5) is 4.79 Å². The molecule has 1 amide bonds. The largest absolute Gasteiger partial charge is 0.481 e. The van der Waals surface area contributed by atoms with Crippen LogP contribution in [0.3, 0.4) is 0 Å². The van der Waals surface area contributed by atoms with E-state index in [0.29, 0.717) is 12.1 Å². The summed E-state index contributed by atoms with van der Waals surface area (Å²) in [7, 11) is 0. The predicted octanol–water partition coefficient (Wildman–Crippen LogP) is 3.65. The van der Waals surface area contributed by atoms with Crippen LogP contribution in [0, 0.1) is 5.92 Å². The number of carbonyl (C=O) groups excluding carboxylic acids is 1. The number of hydrogen-bond acceptors (Lipinski definition) is 4. The first-order chi connectivity index (χ1) is 11.7. The quantitative estimate of drug-likeness (QED) is 0.735. The van der Waals surface area contributed by atoms with Crippen LogP contribution in [0.25, 0.3) is 0 Å². The van der Waals surface area contributed by atoms with Crippen molar-refractivity contribution in [1.82, 2.24) is 10.2 Å². The normalized spacial score (nSPS) is 23.5. The van der Waals surface area contributed by atoms with Gasteiger partial charge in [-0.2, -0.15) is 0 Å². The number of carboxylic acids is 1. The maximum atomic E-state index is 12.0. The van der Waals surface area contributed by atoms with E-state index >= 15 is 0 Å². The lowest BCUT2D eigenvalue weighted by Gasteiger charge is -2.36. The molecule has 2 aliphatic heterocycles. The molecule has 0 aromatic heterocycles. The number of nitrogens with zero attached hydrogens (tertiary/aromatic N) is 1. The Balaban J connectivity index is 0.000000275. The SMILES string of the molecule is CC(C)(C)OC(=O)N1C2CCC1CNC2.CCCCCC(C)C(=O)O. The van der Waals surface area contributed by atoms with E-state index in [0.717, 1.165) is 51.6 Å². The van der Waals surface area contributed by atoms with Gasteiger partial charge in [0.15, 0.2) is 0 Å². The van der Waals surface area contributed by atoms with Gasteiger partial charge in [0, 0.05) is 25.2 Å². The Labute approximate surface area is 152 Å². The van der Waals surface area contributed by atoms with Gasteiger partial charge in [-0.05, 0) is 40.0 Å². The summed E-state index contributed by atoms with van der Waals surface area (Å²) in [4.78, 5) is 24.2. The fourth-order valence-corrected chi connectivity index (χ4v) is 3.22. The van der Waals surface area contributed by atoms with Crippen LogP contribution in [0.1, 0.15) is 73.1 Å². The number of unbranched alkanes of at least 4 members (excludes halogenated alkanes) is 2. The van der Waals surface area contributed by atoms with Crippen molar-refractivity contribution in [3.8, 4) is 0 Å². The van der Waals surface area contributed by atoms with Gasteiger partial charge >= 0.3 is 12.1 Å². The number of amides is 1. The summed E-state index contributed by atoms with van der Waals surface area (Å²) in [6.45, 7) is 11.4. The second-order valence-electron chi connectivity index (χ2n) is 8.17. The second kappa shape index (κ2) is 10.00. The van der Waals surface area contributed by atoms with Crippen LogP contribution < -0.4 is 5.32 Å². The van der Waals surface area contributed by atoms with E-state index in [2.05, 4.69) is 12.2 Å². The smallest absolute Gasteiger partial charge is 0.410 e. The van der Waals surface area contributed by atoms with E-state index in [1.165, 1.54) is 0 Å². The van der Waals surface area contributed by atoms with Crippen LogP contribution in [-0.4, -0.2) is 52.8 Å². The Bertz CT molecular complexity index is 418. The molecule has 3 unspecified atom stereocenters. The van der Waals surface area contributed by atoms with Crippen molar-refractivity contribution in [1.29, 1.82) is 0 Å². The van der Waals surface area contributed by atoms with Crippen molar-refractivity contribution < 1.29 is 19.4 Å². The van der Waals surface area contributed by atoms with Gasteiger partial charge in [-0.3, -0.25) is 9.69 Å². The number of piperazine rings is 1. The average molecular weight is 357 g/mol. The molecule has 3 atom stereocenters. The minimum Gasteiger partial charge on any atom is -0.481 e. The number of fused-ring (bicyclic) bond motifs is 2. The number of hydrogen-bond donors (Lipinski definition) is 2. The molecular formula is C19H36N2O4. The molecule has 2 heterocycles. The van der Waals surface area contributed by atoms with Crippen LogP contribution in [0.2, 0.25) is 0 Å². The summed E-state index contributed by atoms with van der Waals surface area (Å²) in [5.74, 6) is -0.831. The lowest BCUT2D eigenvalue weighted by Crippen LogP contribution is -2.55. The van der Waals surface area contributed by atoms with Gasteiger partial charge < -0.3 is 15.2 Å². The first-order valence-electron chi connectivity index (χ1n) is 9.60. The van der Waals surface area contributed by atoms with E-state index in [4.69, 9.17) is 9.84 Å². The van der Waals surface area contributed by atoms with Crippen LogP contribution in [0.5, 0.6) is 0 Å². The number of aliphatic carboxylic acids is 1. The van der Waals surface area contributed by atoms with E-state index in [1.807, 2.05) is 25.7 Å². The molecule has 0 aromatic rings. The first-order valence-corrected chi connectivity index (χ1v) is 9.60. The molecule has 2 fully saturated rings. The summed E-state index contributed by atoms with van der Waals surface area (Å²) in [6.07, 6.45) is 6.25. The molecule has 0 aromatic carbocycles. The highest BCUT2D eigenvalue weighted by Gasteiger charge is 2.41. The third-order valence-electron chi connectivity index (χ3n) is 4.65. The average Bonchev–Trinajstić information content (AvgIpc) is 2.76. The molecule has 0 spiro atoms. The van der Waals surface area contributed by atoms with Crippen molar-refractivity contribution in [2.75, 3.05) is 13.1 Å². The van der Waals surface area contributed by atoms with Gasteiger partial charge in [0.1, 0.15) is 5.60 Å². The molecule has 146 valence electrons. The van der Waals surface area contributed by atoms with E-state index in [1.54, 1.807) is 6.92 Å².